The predicted octanol–water partition coefficient (Wildman–Crippen LogP) is 3.43. The number of carbonyl (C=O) groups is 3. The highest BCUT2D eigenvalue weighted by atomic mass is 35.5. The third-order valence-electron chi connectivity index (χ3n) is 4.65. The van der Waals surface area contributed by atoms with E-state index < -0.39 is 17.7 Å². The van der Waals surface area contributed by atoms with E-state index in [4.69, 9.17) is 32.7 Å². The van der Waals surface area contributed by atoms with Crippen molar-refractivity contribution in [1.29, 1.82) is 0 Å². The van der Waals surface area contributed by atoms with Crippen LogP contribution >= 0.6 is 23.2 Å². The van der Waals surface area contributed by atoms with Gasteiger partial charge in [0.15, 0.2) is 0 Å². The maximum atomic E-state index is 13.1. The van der Waals surface area contributed by atoms with Crippen molar-refractivity contribution in [3.63, 3.8) is 0 Å². The summed E-state index contributed by atoms with van der Waals surface area (Å²) >= 11 is 12.1. The van der Waals surface area contributed by atoms with Crippen LogP contribution in [0, 0.1) is 0 Å². The van der Waals surface area contributed by atoms with Gasteiger partial charge in [0.1, 0.15) is 17.0 Å². The van der Waals surface area contributed by atoms with E-state index in [9.17, 15) is 14.4 Å². The first-order valence-electron chi connectivity index (χ1n) is 9.88. The Hall–Kier alpha value is -3.27. The van der Waals surface area contributed by atoms with Crippen LogP contribution < -0.4 is 20.8 Å². The minimum atomic E-state index is -0.950. The zero-order valence-electron chi connectivity index (χ0n) is 17.9. The van der Waals surface area contributed by atoms with Crippen molar-refractivity contribution in [2.24, 2.45) is 0 Å². The zero-order valence-corrected chi connectivity index (χ0v) is 19.4. The molecule has 3 rings (SSSR count). The zero-order chi connectivity index (χ0) is 24.0. The summed E-state index contributed by atoms with van der Waals surface area (Å²) in [6, 6.07) is 11.4. The maximum Gasteiger partial charge on any atom is 0.328 e. The van der Waals surface area contributed by atoms with E-state index in [-0.39, 0.29) is 17.3 Å². The highest BCUT2D eigenvalue weighted by molar-refractivity contribution is 6.38. The number of nitrogens with zero attached hydrogens (tertiary/aromatic N) is 1. The van der Waals surface area contributed by atoms with E-state index in [2.05, 4.69) is 16.1 Å². The number of aromatic nitrogens is 1. The van der Waals surface area contributed by atoms with Crippen LogP contribution in [-0.2, 0) is 14.3 Å². The molecule has 0 radical (unpaired) electrons. The molecule has 174 valence electrons. The normalized spacial score (nSPS) is 10.7. The molecule has 0 unspecified atom stereocenters. The molecule has 3 aromatic rings. The minimum absolute atomic E-state index is 0.0565. The van der Waals surface area contributed by atoms with Crippen molar-refractivity contribution in [2.75, 3.05) is 38.1 Å². The van der Waals surface area contributed by atoms with Gasteiger partial charge in [-0.15, -0.1) is 0 Å². The van der Waals surface area contributed by atoms with Crippen LogP contribution in [0.5, 0.6) is 5.75 Å². The molecule has 0 aliphatic rings. The number of carbonyl (C=O) groups excluding carboxylic acids is 3. The quantitative estimate of drug-likeness (QED) is 0.329. The van der Waals surface area contributed by atoms with Gasteiger partial charge in [-0.1, -0.05) is 35.3 Å². The number of ether oxygens (including phenoxy) is 2. The second-order valence-electron chi connectivity index (χ2n) is 6.88. The molecule has 0 saturated carbocycles. The van der Waals surface area contributed by atoms with Crippen LogP contribution in [0.4, 0.5) is 5.69 Å². The van der Waals surface area contributed by atoms with E-state index in [1.165, 1.54) is 17.9 Å². The summed E-state index contributed by atoms with van der Waals surface area (Å²) in [5.74, 6) is -1.97. The van der Waals surface area contributed by atoms with Crippen molar-refractivity contribution in [3.05, 3.63) is 58.2 Å². The first-order chi connectivity index (χ1) is 15.8. The Balaban J connectivity index is 1.93. The molecule has 0 bridgehead atoms. The van der Waals surface area contributed by atoms with Crippen LogP contribution in [0.15, 0.2) is 42.5 Å². The van der Waals surface area contributed by atoms with Gasteiger partial charge in [0.05, 0.1) is 17.8 Å². The Kier molecular flexibility index (Phi) is 8.16. The lowest BCUT2D eigenvalue weighted by Crippen LogP contribution is -2.40. The fraction of sp³-hybridized carbons (Fsp3) is 0.227. The monoisotopic (exact) mass is 492 g/mol. The van der Waals surface area contributed by atoms with Gasteiger partial charge < -0.3 is 20.1 Å². The van der Waals surface area contributed by atoms with Crippen LogP contribution in [-0.4, -0.2) is 49.8 Å². The third kappa shape index (κ3) is 5.75. The minimum Gasteiger partial charge on any atom is -0.494 e. The number of methoxy groups -OCH3 is 2. The molecule has 11 heteroatoms. The van der Waals surface area contributed by atoms with Gasteiger partial charge in [-0.25, -0.2) is 4.68 Å². The molecule has 1 heterocycles. The van der Waals surface area contributed by atoms with Crippen molar-refractivity contribution >= 4 is 57.5 Å². The lowest BCUT2D eigenvalue weighted by molar-refractivity contribution is -0.136. The molecule has 33 heavy (non-hydrogen) atoms. The SMILES string of the molecule is COCCCNC(=O)C(=O)Nn1c(C(=O)Nc2ccc(Cl)cc2Cl)cc2cccc(OC)c21. The number of hydrogen-bond acceptors (Lipinski definition) is 5. The second kappa shape index (κ2) is 11.0. The van der Waals surface area contributed by atoms with E-state index in [0.717, 1.165) is 0 Å². The van der Waals surface area contributed by atoms with Crippen LogP contribution in [0.2, 0.25) is 10.0 Å². The Morgan fingerprint density at radius 2 is 1.82 bits per heavy atom. The molecule has 1 aromatic heterocycles. The summed E-state index contributed by atoms with van der Waals surface area (Å²) in [4.78, 5) is 37.9. The molecule has 2 aromatic carbocycles. The first kappa shape index (κ1) is 24.4. The fourth-order valence-electron chi connectivity index (χ4n) is 3.10. The van der Waals surface area contributed by atoms with Gasteiger partial charge in [-0.05, 0) is 36.8 Å². The molecule has 3 N–H and O–H groups in total. The van der Waals surface area contributed by atoms with E-state index in [1.54, 1.807) is 43.5 Å². The highest BCUT2D eigenvalue weighted by Gasteiger charge is 2.23. The smallest absolute Gasteiger partial charge is 0.328 e. The topological polar surface area (TPSA) is 111 Å². The molecule has 0 aliphatic heterocycles. The molecule has 0 saturated heterocycles. The average molecular weight is 493 g/mol. The molecular formula is C22H22Cl2N4O5. The number of hydrogen-bond donors (Lipinski definition) is 3. The third-order valence-corrected chi connectivity index (χ3v) is 5.20. The van der Waals surface area contributed by atoms with Crippen LogP contribution in [0.1, 0.15) is 16.9 Å². The standard InChI is InChI=1S/C22H22Cl2N4O5/c1-32-10-4-9-25-21(30)22(31)27-28-17(11-13-5-3-6-18(33-2)19(13)28)20(29)26-16-8-7-14(23)12-15(16)24/h3,5-8,11-12H,4,9-10H2,1-2H3,(H,25,30)(H,26,29)(H,27,31). The second-order valence-corrected chi connectivity index (χ2v) is 7.73. The van der Waals surface area contributed by atoms with Gasteiger partial charge in [-0.2, -0.15) is 0 Å². The van der Waals surface area contributed by atoms with E-state index in [1.807, 2.05) is 0 Å². The van der Waals surface area contributed by atoms with Gasteiger partial charge in [-0.3, -0.25) is 19.8 Å². The van der Waals surface area contributed by atoms with Crippen LogP contribution in [0.25, 0.3) is 10.9 Å². The molecule has 9 nitrogen and oxygen atoms in total. The van der Waals surface area contributed by atoms with Gasteiger partial charge in [0.25, 0.3) is 5.91 Å². The number of nitrogens with one attached hydrogen (secondary N) is 3. The van der Waals surface area contributed by atoms with Gasteiger partial charge in [0, 0.05) is 30.7 Å². The predicted molar refractivity (Wildman–Crippen MR) is 127 cm³/mol. The fourth-order valence-corrected chi connectivity index (χ4v) is 3.56. The largest absolute Gasteiger partial charge is 0.494 e. The summed E-state index contributed by atoms with van der Waals surface area (Å²) < 4.78 is 11.5. The maximum absolute atomic E-state index is 13.1. The number of fused-ring (bicyclic) bond motifs is 1. The first-order valence-corrected chi connectivity index (χ1v) is 10.6. The van der Waals surface area contributed by atoms with E-state index >= 15 is 0 Å². The lowest BCUT2D eigenvalue weighted by Gasteiger charge is -2.14. The number of amides is 3. The van der Waals surface area contributed by atoms with Gasteiger partial charge in [0.2, 0.25) is 0 Å². The Morgan fingerprint density at radius 3 is 2.52 bits per heavy atom. The summed E-state index contributed by atoms with van der Waals surface area (Å²) in [7, 11) is 3.01. The molecular weight excluding hydrogens is 471 g/mol. The average Bonchev–Trinajstić information content (AvgIpc) is 3.17. The Labute approximate surface area is 199 Å². The summed E-state index contributed by atoms with van der Waals surface area (Å²) in [5.41, 5.74) is 3.28. The summed E-state index contributed by atoms with van der Waals surface area (Å²) in [5, 5.41) is 6.46. The molecule has 0 fully saturated rings. The summed E-state index contributed by atoms with van der Waals surface area (Å²) in [6.45, 7) is 0.706. The highest BCUT2D eigenvalue weighted by Crippen LogP contribution is 2.30. The molecule has 0 aliphatic carbocycles. The number of rotatable bonds is 8. The molecule has 3 amide bonds. The van der Waals surface area contributed by atoms with Crippen molar-refractivity contribution in [2.45, 2.75) is 6.42 Å². The number of halogens is 2. The van der Waals surface area contributed by atoms with Crippen molar-refractivity contribution in [1.82, 2.24) is 9.99 Å². The van der Waals surface area contributed by atoms with E-state index in [0.29, 0.717) is 40.4 Å². The summed E-state index contributed by atoms with van der Waals surface area (Å²) in [6.07, 6.45) is 0.547. The lowest BCUT2D eigenvalue weighted by atomic mass is 10.2. The Bertz CT molecular complexity index is 1190. The van der Waals surface area contributed by atoms with Crippen LogP contribution in [0.3, 0.4) is 0 Å². The van der Waals surface area contributed by atoms with Gasteiger partial charge >= 0.3 is 11.8 Å². The molecule has 0 atom stereocenters. The van der Waals surface area contributed by atoms with Crippen molar-refractivity contribution < 1.29 is 23.9 Å². The number of para-hydroxylation sites is 1. The van der Waals surface area contributed by atoms with Crippen molar-refractivity contribution in [3.8, 4) is 5.75 Å². The molecule has 0 spiro atoms. The number of benzene rings is 2. The Morgan fingerprint density at radius 1 is 1.03 bits per heavy atom. The number of anilines is 1.